The fourth-order valence-corrected chi connectivity index (χ4v) is 3.21. The summed E-state index contributed by atoms with van der Waals surface area (Å²) in [5, 5.41) is 3.40. The van der Waals surface area contributed by atoms with Gasteiger partial charge in [-0.2, -0.15) is 0 Å². The fourth-order valence-electron chi connectivity index (χ4n) is 3.21. The van der Waals surface area contributed by atoms with Crippen LogP contribution in [0.5, 0.6) is 0 Å². The van der Waals surface area contributed by atoms with Crippen molar-refractivity contribution in [2.45, 2.75) is 31.4 Å². The molecule has 2 unspecified atom stereocenters. The van der Waals surface area contributed by atoms with E-state index in [1.807, 2.05) is 7.05 Å². The van der Waals surface area contributed by atoms with Crippen molar-refractivity contribution < 1.29 is 4.74 Å². The topological polar surface area (TPSA) is 21.3 Å². The van der Waals surface area contributed by atoms with Gasteiger partial charge in [-0.05, 0) is 36.6 Å². The summed E-state index contributed by atoms with van der Waals surface area (Å²) in [6.45, 7) is 0.825. The van der Waals surface area contributed by atoms with Gasteiger partial charge in [0, 0.05) is 13.0 Å². The zero-order valence-electron chi connectivity index (χ0n) is 12.6. The normalized spacial score (nSPS) is 20.4. The average molecular weight is 281 g/mol. The van der Waals surface area contributed by atoms with Gasteiger partial charge in [-0.15, -0.1) is 0 Å². The third kappa shape index (κ3) is 3.34. The summed E-state index contributed by atoms with van der Waals surface area (Å²) in [4.78, 5) is 0. The molecule has 1 aliphatic carbocycles. The molecule has 0 aromatic heterocycles. The largest absolute Gasteiger partial charge is 0.376 e. The highest BCUT2D eigenvalue weighted by Gasteiger charge is 2.31. The number of hydrogen-bond donors (Lipinski definition) is 1. The molecule has 0 heterocycles. The highest BCUT2D eigenvalue weighted by atomic mass is 16.5. The third-order valence-corrected chi connectivity index (χ3v) is 4.28. The van der Waals surface area contributed by atoms with Crippen molar-refractivity contribution in [2.24, 2.45) is 0 Å². The fraction of sp³-hybridized carbons (Fsp3) is 0.368. The van der Waals surface area contributed by atoms with E-state index in [-0.39, 0.29) is 6.10 Å². The van der Waals surface area contributed by atoms with Crippen LogP contribution < -0.4 is 5.32 Å². The van der Waals surface area contributed by atoms with E-state index in [0.717, 1.165) is 25.9 Å². The van der Waals surface area contributed by atoms with E-state index in [9.17, 15) is 0 Å². The summed E-state index contributed by atoms with van der Waals surface area (Å²) in [6.07, 6.45) is 3.45. The molecule has 0 fully saturated rings. The average Bonchev–Trinajstić information content (AvgIpc) is 2.90. The maximum Gasteiger partial charge on any atom is 0.0810 e. The number of ether oxygens (including phenoxy) is 1. The Morgan fingerprint density at radius 1 is 1.05 bits per heavy atom. The van der Waals surface area contributed by atoms with Gasteiger partial charge in [-0.25, -0.2) is 0 Å². The smallest absolute Gasteiger partial charge is 0.0810 e. The van der Waals surface area contributed by atoms with Crippen LogP contribution in [0.4, 0.5) is 0 Å². The van der Waals surface area contributed by atoms with Crippen LogP contribution in [0.2, 0.25) is 0 Å². The summed E-state index contributed by atoms with van der Waals surface area (Å²) in [6, 6.07) is 19.6. The lowest BCUT2D eigenvalue weighted by molar-refractivity contribution is 0.0352. The Morgan fingerprint density at radius 2 is 1.81 bits per heavy atom. The highest BCUT2D eigenvalue weighted by molar-refractivity contribution is 5.36. The minimum Gasteiger partial charge on any atom is -0.376 e. The Labute approximate surface area is 127 Å². The van der Waals surface area contributed by atoms with Gasteiger partial charge in [0.25, 0.3) is 0 Å². The van der Waals surface area contributed by atoms with Crippen LogP contribution in [-0.4, -0.2) is 19.8 Å². The first-order valence-electron chi connectivity index (χ1n) is 7.79. The highest BCUT2D eigenvalue weighted by Crippen LogP contribution is 2.32. The summed E-state index contributed by atoms with van der Waals surface area (Å²) in [5.74, 6) is 0. The van der Waals surface area contributed by atoms with Crippen molar-refractivity contribution in [1.29, 1.82) is 0 Å². The van der Waals surface area contributed by atoms with Crippen molar-refractivity contribution in [1.82, 2.24) is 5.32 Å². The summed E-state index contributed by atoms with van der Waals surface area (Å²) in [7, 11) is 2.02. The minimum atomic E-state index is 0.267. The maximum absolute atomic E-state index is 6.15. The van der Waals surface area contributed by atoms with E-state index in [2.05, 4.69) is 59.9 Å². The molecule has 0 spiro atoms. The van der Waals surface area contributed by atoms with E-state index in [0.29, 0.717) is 6.04 Å². The number of benzene rings is 2. The van der Waals surface area contributed by atoms with Crippen LogP contribution >= 0.6 is 0 Å². The van der Waals surface area contributed by atoms with Crippen LogP contribution in [0.25, 0.3) is 0 Å². The van der Waals surface area contributed by atoms with E-state index < -0.39 is 0 Å². The Balaban J connectivity index is 1.50. The van der Waals surface area contributed by atoms with Gasteiger partial charge in [-0.1, -0.05) is 54.6 Å². The van der Waals surface area contributed by atoms with Crippen molar-refractivity contribution in [3.8, 4) is 0 Å². The zero-order chi connectivity index (χ0) is 14.5. The second-order valence-electron chi connectivity index (χ2n) is 5.67. The van der Waals surface area contributed by atoms with E-state index in [4.69, 9.17) is 4.74 Å². The molecule has 3 rings (SSSR count). The molecule has 2 nitrogen and oxygen atoms in total. The SMILES string of the molecule is CNC1c2ccccc2CC1OCCCc1ccccc1. The third-order valence-electron chi connectivity index (χ3n) is 4.28. The van der Waals surface area contributed by atoms with Crippen LogP contribution in [0.1, 0.15) is 29.2 Å². The lowest BCUT2D eigenvalue weighted by Crippen LogP contribution is -2.28. The first-order valence-corrected chi connectivity index (χ1v) is 7.79. The van der Waals surface area contributed by atoms with Crippen LogP contribution in [0, 0.1) is 0 Å². The van der Waals surface area contributed by atoms with Crippen LogP contribution in [0.3, 0.4) is 0 Å². The molecule has 2 aromatic carbocycles. The van der Waals surface area contributed by atoms with Gasteiger partial charge in [0.05, 0.1) is 12.1 Å². The molecule has 2 heteroatoms. The minimum absolute atomic E-state index is 0.267. The lowest BCUT2D eigenvalue weighted by Gasteiger charge is -2.20. The molecule has 21 heavy (non-hydrogen) atoms. The quantitative estimate of drug-likeness (QED) is 0.818. The van der Waals surface area contributed by atoms with E-state index >= 15 is 0 Å². The molecule has 2 aromatic rings. The van der Waals surface area contributed by atoms with Crippen LogP contribution in [0.15, 0.2) is 54.6 Å². The molecular weight excluding hydrogens is 258 g/mol. The molecule has 0 bridgehead atoms. The number of fused-ring (bicyclic) bond motifs is 1. The van der Waals surface area contributed by atoms with Gasteiger partial charge in [-0.3, -0.25) is 0 Å². The predicted molar refractivity (Wildman–Crippen MR) is 86.4 cm³/mol. The van der Waals surface area contributed by atoms with Crippen molar-refractivity contribution in [3.63, 3.8) is 0 Å². The van der Waals surface area contributed by atoms with Gasteiger partial charge in [0.1, 0.15) is 0 Å². The molecule has 0 aliphatic heterocycles. The summed E-state index contributed by atoms with van der Waals surface area (Å²) in [5.41, 5.74) is 4.21. The maximum atomic E-state index is 6.15. The number of rotatable bonds is 6. The molecule has 2 atom stereocenters. The second-order valence-corrected chi connectivity index (χ2v) is 5.67. The number of nitrogens with one attached hydrogen (secondary N) is 1. The molecule has 0 saturated heterocycles. The molecule has 0 amide bonds. The predicted octanol–water partition coefficient (Wildman–Crippen LogP) is 3.52. The molecule has 1 N–H and O–H groups in total. The van der Waals surface area contributed by atoms with Crippen LogP contribution in [-0.2, 0) is 17.6 Å². The Hall–Kier alpha value is -1.64. The monoisotopic (exact) mass is 281 g/mol. The van der Waals surface area contributed by atoms with E-state index in [1.165, 1.54) is 16.7 Å². The first-order chi connectivity index (χ1) is 10.4. The second kappa shape index (κ2) is 6.88. The van der Waals surface area contributed by atoms with Gasteiger partial charge < -0.3 is 10.1 Å². The van der Waals surface area contributed by atoms with Crippen molar-refractivity contribution >= 4 is 0 Å². The Bertz CT molecular complexity index is 567. The number of hydrogen-bond acceptors (Lipinski definition) is 2. The van der Waals surface area contributed by atoms with Gasteiger partial charge in [0.2, 0.25) is 0 Å². The van der Waals surface area contributed by atoms with Crippen molar-refractivity contribution in [2.75, 3.05) is 13.7 Å². The van der Waals surface area contributed by atoms with E-state index in [1.54, 1.807) is 0 Å². The summed E-state index contributed by atoms with van der Waals surface area (Å²) < 4.78 is 6.15. The lowest BCUT2D eigenvalue weighted by atomic mass is 10.1. The Kier molecular flexibility index (Phi) is 4.69. The first kappa shape index (κ1) is 14.3. The molecule has 0 saturated carbocycles. The molecule has 0 radical (unpaired) electrons. The Morgan fingerprint density at radius 3 is 2.62 bits per heavy atom. The van der Waals surface area contributed by atoms with Gasteiger partial charge >= 0.3 is 0 Å². The molecular formula is C19H23NO. The number of likely N-dealkylation sites (N-methyl/N-ethyl adjacent to an activating group) is 1. The van der Waals surface area contributed by atoms with Crippen molar-refractivity contribution in [3.05, 3.63) is 71.3 Å². The van der Waals surface area contributed by atoms with Gasteiger partial charge in [0.15, 0.2) is 0 Å². The molecule has 110 valence electrons. The summed E-state index contributed by atoms with van der Waals surface area (Å²) >= 11 is 0. The zero-order valence-corrected chi connectivity index (χ0v) is 12.6. The number of aryl methyl sites for hydroxylation is 1. The standard InChI is InChI=1S/C19H23NO/c1-20-19-17-12-6-5-11-16(17)14-18(19)21-13-7-10-15-8-3-2-4-9-15/h2-6,8-9,11-12,18-20H,7,10,13-14H2,1H3. The molecule has 1 aliphatic rings.